The number of carbonyl (C=O) groups is 6. The average molecular weight is 801 g/mol. The molecular formula is C38H49FN6O10S. The van der Waals surface area contributed by atoms with E-state index in [1.54, 1.807) is 39.1 Å². The molecule has 16 nitrogen and oxygen atoms in total. The largest absolute Gasteiger partial charge is 0.447 e. The molecule has 3 aliphatic heterocycles. The average Bonchev–Trinajstić information content (AvgIpc) is 4.03. The molecule has 3 heterocycles. The van der Waals surface area contributed by atoms with E-state index in [4.69, 9.17) is 9.47 Å². The number of hydrogen-bond acceptors (Lipinski definition) is 10. The fraction of sp³-hybridized carbons (Fsp3) is 0.579. The fourth-order valence-electron chi connectivity index (χ4n) is 7.68. The van der Waals surface area contributed by atoms with Crippen molar-refractivity contribution in [3.63, 3.8) is 0 Å². The lowest BCUT2D eigenvalue weighted by atomic mass is 9.98. The van der Waals surface area contributed by atoms with Crippen molar-refractivity contribution in [2.45, 2.75) is 119 Å². The third kappa shape index (κ3) is 8.84. The number of ether oxygens (including phenoxy) is 2. The van der Waals surface area contributed by atoms with Gasteiger partial charge in [0.05, 0.1) is 24.4 Å². The van der Waals surface area contributed by atoms with Gasteiger partial charge in [-0.25, -0.2) is 22.4 Å². The zero-order chi connectivity index (χ0) is 40.5. The zero-order valence-electron chi connectivity index (χ0n) is 31.7. The molecule has 1 saturated heterocycles. The molecule has 6 amide bonds. The number of allylic oxidation sites excluding steroid dienone is 1. The van der Waals surface area contributed by atoms with Gasteiger partial charge in [-0.3, -0.25) is 28.8 Å². The number of alkyl carbamates (subject to hydrolysis) is 1. The normalized spacial score (nSPS) is 27.8. The first-order valence-electron chi connectivity index (χ1n) is 19.0. The van der Waals surface area contributed by atoms with Gasteiger partial charge in [0, 0.05) is 37.5 Å². The molecular weight excluding hydrogens is 752 g/mol. The highest BCUT2D eigenvalue weighted by Crippen LogP contribution is 2.46. The summed E-state index contributed by atoms with van der Waals surface area (Å²) in [6, 6.07) is 1.28. The van der Waals surface area contributed by atoms with E-state index in [-0.39, 0.29) is 38.9 Å². The first kappa shape index (κ1) is 40.7. The van der Waals surface area contributed by atoms with Gasteiger partial charge in [0.2, 0.25) is 27.7 Å². The Hall–Kier alpha value is -5.00. The molecule has 0 radical (unpaired) electrons. The number of halogens is 1. The highest BCUT2D eigenvalue weighted by atomic mass is 32.2. The highest BCUT2D eigenvalue weighted by molar-refractivity contribution is 7.91. The Morgan fingerprint density at radius 1 is 1.12 bits per heavy atom. The van der Waals surface area contributed by atoms with Crippen molar-refractivity contribution in [2.75, 3.05) is 13.6 Å². The molecule has 5 aliphatic rings. The van der Waals surface area contributed by atoms with Crippen LogP contribution in [0, 0.1) is 11.7 Å². The molecule has 3 fully saturated rings. The molecule has 1 aromatic rings. The summed E-state index contributed by atoms with van der Waals surface area (Å²) in [6.45, 7) is 6.59. The van der Waals surface area contributed by atoms with Crippen LogP contribution in [0.3, 0.4) is 0 Å². The van der Waals surface area contributed by atoms with Crippen LogP contribution in [-0.2, 0) is 51.8 Å². The van der Waals surface area contributed by atoms with Gasteiger partial charge in [0.1, 0.15) is 29.5 Å². The molecule has 0 aromatic heterocycles. The summed E-state index contributed by atoms with van der Waals surface area (Å²) in [5.74, 6) is -3.86. The van der Waals surface area contributed by atoms with Crippen LogP contribution in [0.4, 0.5) is 14.0 Å². The number of likely N-dealkylation sites (N-methyl/N-ethyl adjacent to an activating group) is 1. The number of hydrogen-bond donors (Lipinski definition) is 3. The lowest BCUT2D eigenvalue weighted by molar-refractivity contribution is -0.141. The first-order valence-corrected chi connectivity index (χ1v) is 20.5. The Morgan fingerprint density at radius 3 is 2.55 bits per heavy atom. The maximum absolute atomic E-state index is 14.7. The predicted molar refractivity (Wildman–Crippen MR) is 198 cm³/mol. The summed E-state index contributed by atoms with van der Waals surface area (Å²) in [4.78, 5) is 86.0. The smallest absolute Gasteiger partial charge is 0.410 e. The van der Waals surface area contributed by atoms with E-state index in [9.17, 15) is 41.6 Å². The maximum atomic E-state index is 14.7. The quantitative estimate of drug-likeness (QED) is 0.259. The van der Waals surface area contributed by atoms with Crippen LogP contribution in [0.5, 0.6) is 0 Å². The molecule has 0 spiro atoms. The van der Waals surface area contributed by atoms with Crippen LogP contribution in [-0.4, -0.2) is 114 Å². The van der Waals surface area contributed by atoms with E-state index in [0.29, 0.717) is 43.2 Å². The first-order chi connectivity index (χ1) is 26.5. The van der Waals surface area contributed by atoms with Crippen molar-refractivity contribution in [1.82, 2.24) is 30.1 Å². The third-order valence-corrected chi connectivity index (χ3v) is 12.9. The summed E-state index contributed by atoms with van der Waals surface area (Å²) in [6.07, 6.45) is 3.46. The molecule has 2 aliphatic carbocycles. The van der Waals surface area contributed by atoms with E-state index in [1.807, 2.05) is 6.08 Å². The molecule has 6 rings (SSSR count). The van der Waals surface area contributed by atoms with Crippen molar-refractivity contribution < 1.29 is 51.0 Å². The number of carbonyl (C=O) groups excluding carboxylic acids is 6. The number of fused-ring (bicyclic) bond motifs is 3. The molecule has 18 heteroatoms. The van der Waals surface area contributed by atoms with Crippen LogP contribution in [0.1, 0.15) is 76.3 Å². The second-order valence-corrected chi connectivity index (χ2v) is 17.4. The summed E-state index contributed by atoms with van der Waals surface area (Å²) in [7, 11) is -2.42. The minimum Gasteiger partial charge on any atom is -0.447 e. The lowest BCUT2D eigenvalue weighted by Crippen LogP contribution is -2.59. The van der Waals surface area contributed by atoms with Gasteiger partial charge in [0.15, 0.2) is 0 Å². The van der Waals surface area contributed by atoms with Crippen LogP contribution in [0.15, 0.2) is 43.0 Å². The number of nitrogens with zero attached hydrogens (tertiary/aromatic N) is 3. The number of nitrogens with one attached hydrogen (secondary N) is 3. The van der Waals surface area contributed by atoms with E-state index in [1.165, 1.54) is 15.9 Å². The fourth-order valence-corrected chi connectivity index (χ4v) is 9.04. The SMILES string of the molecule is C=CC(=O)N(C)C1CCCC=CC2CC2(C(=O)NS(=O)(=O)C2CC2)NC(=O)C2CC(OC(=O)N3Cc4cccc(F)c4C3)CN2C(=O)C(NC(=O)OC(C)C)C1. The van der Waals surface area contributed by atoms with Gasteiger partial charge in [-0.2, -0.15) is 0 Å². The molecule has 2 saturated carbocycles. The van der Waals surface area contributed by atoms with Gasteiger partial charge in [-0.15, -0.1) is 0 Å². The Morgan fingerprint density at radius 2 is 1.88 bits per heavy atom. The predicted octanol–water partition coefficient (Wildman–Crippen LogP) is 2.38. The van der Waals surface area contributed by atoms with E-state index in [0.717, 1.165) is 11.0 Å². The molecule has 304 valence electrons. The minimum absolute atomic E-state index is 0.0429. The van der Waals surface area contributed by atoms with Gasteiger partial charge < -0.3 is 29.9 Å². The number of rotatable bonds is 8. The van der Waals surface area contributed by atoms with Crippen molar-refractivity contribution >= 4 is 45.8 Å². The zero-order valence-corrected chi connectivity index (χ0v) is 32.5. The Labute approximate surface area is 325 Å². The van der Waals surface area contributed by atoms with Crippen molar-refractivity contribution in [3.8, 4) is 0 Å². The van der Waals surface area contributed by atoms with Crippen LogP contribution < -0.4 is 15.4 Å². The molecule has 56 heavy (non-hydrogen) atoms. The summed E-state index contributed by atoms with van der Waals surface area (Å²) in [5, 5.41) is 4.68. The molecule has 6 unspecified atom stereocenters. The summed E-state index contributed by atoms with van der Waals surface area (Å²) < 4.78 is 53.5. The molecule has 1 aromatic carbocycles. The lowest BCUT2D eigenvalue weighted by Gasteiger charge is -2.34. The number of sulfonamides is 1. The minimum atomic E-state index is -3.98. The van der Waals surface area contributed by atoms with Crippen molar-refractivity contribution in [3.05, 3.63) is 60.0 Å². The van der Waals surface area contributed by atoms with Gasteiger partial charge in [-0.1, -0.05) is 30.9 Å². The Kier molecular flexibility index (Phi) is 11.8. The number of amides is 6. The summed E-state index contributed by atoms with van der Waals surface area (Å²) in [5.41, 5.74) is -0.662. The second kappa shape index (κ2) is 16.2. The standard InChI is InChI=1S/C38H49FN6O10S/c1-5-32(46)43(4)25-12-8-6-7-11-24-18-38(24,35(49)42-56(52,53)27-14-15-27)41-33(47)31-17-26(20-45(31)34(48)30(16-25)40-36(50)54-22(2)3)55-37(51)44-19-23-10-9-13-29(39)28(23)21-44/h5,7,9-11,13,22,24-27,30-31H,1,6,8,12,14-21H2,2-4H3,(H,40,50)(H,41,47)(H,42,49). The van der Waals surface area contributed by atoms with E-state index in [2.05, 4.69) is 21.9 Å². The topological polar surface area (TPSA) is 201 Å². The van der Waals surface area contributed by atoms with Gasteiger partial charge in [0.25, 0.3) is 5.91 Å². The van der Waals surface area contributed by atoms with Gasteiger partial charge in [-0.05, 0) is 76.5 Å². The van der Waals surface area contributed by atoms with Gasteiger partial charge >= 0.3 is 12.2 Å². The summed E-state index contributed by atoms with van der Waals surface area (Å²) >= 11 is 0. The van der Waals surface area contributed by atoms with Crippen LogP contribution in [0.2, 0.25) is 0 Å². The molecule has 3 N–H and O–H groups in total. The van der Waals surface area contributed by atoms with Crippen molar-refractivity contribution in [2.24, 2.45) is 5.92 Å². The second-order valence-electron chi connectivity index (χ2n) is 15.5. The molecule has 6 atom stereocenters. The third-order valence-electron chi connectivity index (χ3n) is 11.1. The Bertz CT molecular complexity index is 1920. The number of benzene rings is 1. The Balaban J connectivity index is 1.32. The highest BCUT2D eigenvalue weighted by Gasteiger charge is 2.62. The molecule has 0 bridgehead atoms. The van der Waals surface area contributed by atoms with E-state index < -0.39 is 98.7 Å². The maximum Gasteiger partial charge on any atom is 0.410 e. The van der Waals surface area contributed by atoms with Crippen molar-refractivity contribution in [1.29, 1.82) is 0 Å². The monoisotopic (exact) mass is 800 g/mol. The van der Waals surface area contributed by atoms with Crippen LogP contribution in [0.25, 0.3) is 0 Å². The van der Waals surface area contributed by atoms with E-state index >= 15 is 0 Å². The van der Waals surface area contributed by atoms with Crippen LogP contribution >= 0.6 is 0 Å².